The number of hydrogen-bond acceptors (Lipinski definition) is 3. The molecule has 2 aromatic rings. The van der Waals surface area contributed by atoms with Crippen molar-refractivity contribution >= 4 is 51.3 Å². The molecule has 1 aromatic carbocycles. The molecule has 0 N–H and O–H groups in total. The summed E-state index contributed by atoms with van der Waals surface area (Å²) in [6.07, 6.45) is 0.331. The van der Waals surface area contributed by atoms with Gasteiger partial charge in [0.2, 0.25) is 0 Å². The molecule has 20 heavy (non-hydrogen) atoms. The second-order valence-electron chi connectivity index (χ2n) is 5.61. The van der Waals surface area contributed by atoms with Crippen molar-refractivity contribution in [3.63, 3.8) is 0 Å². The van der Waals surface area contributed by atoms with E-state index in [1.807, 2.05) is 17.5 Å². The lowest BCUT2D eigenvalue weighted by Gasteiger charge is -2.14. The molecule has 0 saturated heterocycles. The Balaban J connectivity index is 2.15. The maximum atomic E-state index is 12.2. The Kier molecular flexibility index (Phi) is 4.87. The van der Waals surface area contributed by atoms with Crippen molar-refractivity contribution in [3.05, 3.63) is 48.4 Å². The molecule has 1 aromatic heterocycles. The Labute approximate surface area is 141 Å². The molecule has 2 nitrogen and oxygen atoms in total. The normalized spacial score (nSPS) is 11.7. The van der Waals surface area contributed by atoms with Gasteiger partial charge in [-0.1, -0.05) is 38.4 Å². The fourth-order valence-corrected chi connectivity index (χ4v) is 3.18. The highest BCUT2D eigenvalue weighted by molar-refractivity contribution is 14.1. The maximum Gasteiger partial charge on any atom is 0.169 e. The molecule has 0 atom stereocenters. The minimum atomic E-state index is 0.0178. The third kappa shape index (κ3) is 3.80. The van der Waals surface area contributed by atoms with E-state index in [9.17, 15) is 4.79 Å². The molecule has 0 aliphatic rings. The third-order valence-electron chi connectivity index (χ3n) is 2.87. The number of nitrogens with zero attached hydrogens (tertiary/aromatic N) is 1. The lowest BCUT2D eigenvalue weighted by Crippen LogP contribution is -2.12. The van der Waals surface area contributed by atoms with Gasteiger partial charge in [0, 0.05) is 19.9 Å². The molecule has 0 aliphatic heterocycles. The number of rotatable bonds is 3. The van der Waals surface area contributed by atoms with Crippen LogP contribution in [0.1, 0.15) is 41.8 Å². The van der Waals surface area contributed by atoms with Gasteiger partial charge in [-0.25, -0.2) is 4.98 Å². The number of carbonyl (C=O) groups is 1. The Morgan fingerprint density at radius 1 is 1.40 bits per heavy atom. The molecule has 0 aliphatic carbocycles. The lowest BCUT2D eigenvalue weighted by molar-refractivity contribution is 0.0993. The monoisotopic (exact) mass is 419 g/mol. The second kappa shape index (κ2) is 6.12. The SMILES string of the molecule is CC(C)(C)c1csc(CC(=O)c2ccc(I)c(Cl)c2)n1. The largest absolute Gasteiger partial charge is 0.294 e. The van der Waals surface area contributed by atoms with Gasteiger partial charge in [-0.2, -0.15) is 0 Å². The summed E-state index contributed by atoms with van der Waals surface area (Å²) >= 11 is 9.74. The Morgan fingerprint density at radius 3 is 2.65 bits per heavy atom. The molecule has 0 amide bonds. The summed E-state index contributed by atoms with van der Waals surface area (Å²) in [5.74, 6) is 0.0538. The maximum absolute atomic E-state index is 12.2. The first-order valence-electron chi connectivity index (χ1n) is 6.20. The van der Waals surface area contributed by atoms with E-state index in [-0.39, 0.29) is 11.2 Å². The van der Waals surface area contributed by atoms with Gasteiger partial charge >= 0.3 is 0 Å². The second-order valence-corrected chi connectivity index (χ2v) is 8.12. The summed E-state index contributed by atoms with van der Waals surface area (Å²) in [4.78, 5) is 16.8. The van der Waals surface area contributed by atoms with Gasteiger partial charge in [0.1, 0.15) is 5.01 Å². The number of aromatic nitrogens is 1. The van der Waals surface area contributed by atoms with Gasteiger partial charge in [-0.15, -0.1) is 11.3 Å². The van der Waals surface area contributed by atoms with Crippen LogP contribution in [0.4, 0.5) is 0 Å². The van der Waals surface area contributed by atoms with Crippen molar-refractivity contribution in [2.75, 3.05) is 0 Å². The first kappa shape index (κ1) is 15.9. The molecule has 106 valence electrons. The smallest absolute Gasteiger partial charge is 0.169 e. The molecule has 0 unspecified atom stereocenters. The molecule has 0 radical (unpaired) electrons. The summed E-state index contributed by atoms with van der Waals surface area (Å²) in [6, 6.07) is 5.40. The Bertz CT molecular complexity index is 646. The predicted molar refractivity (Wildman–Crippen MR) is 93.0 cm³/mol. The Hall–Kier alpha value is -0.460. The Morgan fingerprint density at radius 2 is 2.10 bits per heavy atom. The molecule has 2 rings (SSSR count). The van der Waals surface area contributed by atoms with Crippen LogP contribution in [0.2, 0.25) is 5.02 Å². The zero-order valence-corrected chi connectivity index (χ0v) is 15.3. The number of benzene rings is 1. The number of carbonyl (C=O) groups excluding carboxylic acids is 1. The minimum absolute atomic E-state index is 0.0178. The zero-order valence-electron chi connectivity index (χ0n) is 11.5. The van der Waals surface area contributed by atoms with Gasteiger partial charge in [-0.3, -0.25) is 4.79 Å². The summed E-state index contributed by atoms with van der Waals surface area (Å²) in [5.41, 5.74) is 1.69. The van der Waals surface area contributed by atoms with E-state index in [0.717, 1.165) is 14.3 Å². The van der Waals surface area contributed by atoms with Gasteiger partial charge in [0.15, 0.2) is 5.78 Å². The van der Waals surface area contributed by atoms with Crippen LogP contribution in [0.5, 0.6) is 0 Å². The van der Waals surface area contributed by atoms with Crippen molar-refractivity contribution < 1.29 is 4.79 Å². The van der Waals surface area contributed by atoms with Crippen LogP contribution in [0.25, 0.3) is 0 Å². The van der Waals surface area contributed by atoms with E-state index in [1.165, 1.54) is 0 Å². The first-order valence-corrected chi connectivity index (χ1v) is 8.54. The summed E-state index contributed by atoms with van der Waals surface area (Å²) < 4.78 is 0.949. The molecule has 0 saturated carbocycles. The van der Waals surface area contributed by atoms with Gasteiger partial charge in [0.25, 0.3) is 0 Å². The highest BCUT2D eigenvalue weighted by Gasteiger charge is 2.18. The van der Waals surface area contributed by atoms with Crippen molar-refractivity contribution in [1.82, 2.24) is 4.98 Å². The van der Waals surface area contributed by atoms with Crippen molar-refractivity contribution in [2.24, 2.45) is 0 Å². The summed E-state index contributed by atoms with van der Waals surface area (Å²) in [7, 11) is 0. The average molecular weight is 420 g/mol. The highest BCUT2D eigenvalue weighted by Crippen LogP contribution is 2.25. The van der Waals surface area contributed by atoms with E-state index >= 15 is 0 Å². The topological polar surface area (TPSA) is 30.0 Å². The van der Waals surface area contributed by atoms with Crippen LogP contribution in [-0.4, -0.2) is 10.8 Å². The number of Topliss-reactive ketones (excluding diaryl/α,β-unsaturated/α-hetero) is 1. The molecule has 0 fully saturated rings. The summed E-state index contributed by atoms with van der Waals surface area (Å²) in [6.45, 7) is 6.35. The van der Waals surface area contributed by atoms with Crippen LogP contribution < -0.4 is 0 Å². The van der Waals surface area contributed by atoms with Gasteiger partial charge in [-0.05, 0) is 34.7 Å². The van der Waals surface area contributed by atoms with E-state index < -0.39 is 0 Å². The van der Waals surface area contributed by atoms with E-state index in [4.69, 9.17) is 11.6 Å². The van der Waals surface area contributed by atoms with Gasteiger partial charge in [0.05, 0.1) is 17.1 Å². The average Bonchev–Trinajstić information content (AvgIpc) is 2.81. The molecule has 0 bridgehead atoms. The molecular formula is C15H15ClINOS. The molecule has 5 heteroatoms. The number of halogens is 2. The lowest BCUT2D eigenvalue weighted by atomic mass is 9.93. The van der Waals surface area contributed by atoms with Crippen molar-refractivity contribution in [1.29, 1.82) is 0 Å². The van der Waals surface area contributed by atoms with E-state index in [1.54, 1.807) is 17.4 Å². The summed E-state index contributed by atoms with van der Waals surface area (Å²) in [5, 5.41) is 3.50. The number of hydrogen-bond donors (Lipinski definition) is 0. The van der Waals surface area contributed by atoms with Crippen molar-refractivity contribution in [3.8, 4) is 0 Å². The van der Waals surface area contributed by atoms with Crippen molar-refractivity contribution in [2.45, 2.75) is 32.6 Å². The molecule has 1 heterocycles. The molecule has 0 spiro atoms. The predicted octanol–water partition coefficient (Wildman–Crippen LogP) is 5.12. The van der Waals surface area contributed by atoms with Crippen LogP contribution in [0.15, 0.2) is 23.6 Å². The third-order valence-corrected chi connectivity index (χ3v) is 5.29. The fraction of sp³-hybridized carbons (Fsp3) is 0.333. The number of ketones is 1. The first-order chi connectivity index (χ1) is 9.27. The van der Waals surface area contributed by atoms with Crippen LogP contribution in [-0.2, 0) is 11.8 Å². The standard InChI is InChI=1S/C15H15ClINOS/c1-15(2,3)13-8-20-14(18-13)7-12(19)9-4-5-11(17)10(16)6-9/h4-6,8H,7H2,1-3H3. The minimum Gasteiger partial charge on any atom is -0.294 e. The van der Waals surface area contributed by atoms with E-state index in [0.29, 0.717) is 17.0 Å². The number of thiazole rings is 1. The van der Waals surface area contributed by atoms with Gasteiger partial charge < -0.3 is 0 Å². The zero-order chi connectivity index (χ0) is 14.9. The highest BCUT2D eigenvalue weighted by atomic mass is 127. The fourth-order valence-electron chi connectivity index (χ4n) is 1.65. The quantitative estimate of drug-likeness (QED) is 0.510. The van der Waals surface area contributed by atoms with Crippen LogP contribution in [0.3, 0.4) is 0 Å². The van der Waals surface area contributed by atoms with E-state index in [2.05, 4.69) is 48.3 Å². The van der Waals surface area contributed by atoms with Crippen LogP contribution >= 0.6 is 45.5 Å². The van der Waals surface area contributed by atoms with Crippen LogP contribution in [0, 0.1) is 3.57 Å². The molecular weight excluding hydrogens is 405 g/mol.